The van der Waals surface area contributed by atoms with Crippen LogP contribution in [0.5, 0.6) is 11.5 Å². The summed E-state index contributed by atoms with van der Waals surface area (Å²) in [6.07, 6.45) is 6.04. The van der Waals surface area contributed by atoms with Crippen molar-refractivity contribution in [1.82, 2.24) is 19.9 Å². The maximum atomic E-state index is 12.3. The Balaban J connectivity index is 1.55. The highest BCUT2D eigenvalue weighted by atomic mass is 16.5. The Kier molecular flexibility index (Phi) is 6.66. The fourth-order valence-electron chi connectivity index (χ4n) is 4.30. The Bertz CT molecular complexity index is 1140. The van der Waals surface area contributed by atoms with Crippen LogP contribution >= 0.6 is 0 Å². The third kappa shape index (κ3) is 4.89. The van der Waals surface area contributed by atoms with E-state index in [1.165, 1.54) is 0 Å². The number of benzene rings is 1. The van der Waals surface area contributed by atoms with E-state index < -0.39 is 0 Å². The van der Waals surface area contributed by atoms with Gasteiger partial charge in [0, 0.05) is 36.8 Å². The number of nitrogens with one attached hydrogen (secondary N) is 1. The van der Waals surface area contributed by atoms with Crippen LogP contribution in [0.1, 0.15) is 35.6 Å². The molecule has 1 aromatic carbocycles. The lowest BCUT2D eigenvalue weighted by Gasteiger charge is -2.32. The van der Waals surface area contributed by atoms with Gasteiger partial charge >= 0.3 is 0 Å². The quantitative estimate of drug-likeness (QED) is 0.554. The number of phenols is 1. The minimum atomic E-state index is -0.162. The summed E-state index contributed by atoms with van der Waals surface area (Å²) in [6.45, 7) is 6.27. The average molecular weight is 433 g/mol. The zero-order chi connectivity index (χ0) is 22.5. The van der Waals surface area contributed by atoms with Gasteiger partial charge < -0.3 is 14.8 Å². The number of H-pyrrole nitrogens is 1. The molecule has 1 aliphatic rings. The molecule has 32 heavy (non-hydrogen) atoms. The first-order valence-corrected chi connectivity index (χ1v) is 10.8. The van der Waals surface area contributed by atoms with E-state index in [1.54, 1.807) is 25.4 Å². The molecule has 2 aromatic heterocycles. The molecule has 1 unspecified atom stereocenters. The number of aromatic hydroxyl groups is 1. The van der Waals surface area contributed by atoms with Crippen LogP contribution < -0.4 is 10.3 Å². The summed E-state index contributed by atoms with van der Waals surface area (Å²) in [7, 11) is 1.56. The zero-order valence-corrected chi connectivity index (χ0v) is 18.3. The smallest absolute Gasteiger partial charge is 0.251 e. The summed E-state index contributed by atoms with van der Waals surface area (Å²) in [6, 6.07) is 11.1. The lowest BCUT2D eigenvalue weighted by molar-refractivity contribution is 0.198. The van der Waals surface area contributed by atoms with Crippen molar-refractivity contribution in [2.24, 2.45) is 0 Å². The molecule has 1 atom stereocenters. The molecular formula is C25H28N4O3. The van der Waals surface area contributed by atoms with Crippen LogP contribution in [-0.4, -0.2) is 45.2 Å². The molecule has 1 saturated heterocycles. The average Bonchev–Trinajstić information content (AvgIpc) is 2.81. The number of hydrogen-bond donors (Lipinski definition) is 2. The monoisotopic (exact) mass is 432 g/mol. The standard InChI is InChI=1S/C25H28N4O3/c1-3-7-18-12-17(13-22(32-2)24(18)31)15-29-11-6-8-19(16-29)21-14-23(30)28-25(27-21)20-9-4-5-10-26-20/h3-5,9-10,12-14,19,31H,1,6-8,11,15-16H2,2H3,(H,27,28,30). The van der Waals surface area contributed by atoms with Gasteiger partial charge in [0.2, 0.25) is 0 Å². The molecule has 1 aliphatic heterocycles. The fraction of sp³-hybridized carbons (Fsp3) is 0.320. The van der Waals surface area contributed by atoms with Crippen molar-refractivity contribution >= 4 is 0 Å². The molecule has 2 N–H and O–H groups in total. The normalized spacial score (nSPS) is 16.6. The van der Waals surface area contributed by atoms with Crippen LogP contribution in [0.3, 0.4) is 0 Å². The predicted octanol–water partition coefficient (Wildman–Crippen LogP) is 3.65. The molecule has 0 aliphatic carbocycles. The van der Waals surface area contributed by atoms with Gasteiger partial charge in [0.05, 0.1) is 12.8 Å². The molecule has 0 amide bonds. The van der Waals surface area contributed by atoms with Gasteiger partial charge in [-0.25, -0.2) is 4.98 Å². The maximum Gasteiger partial charge on any atom is 0.251 e. The van der Waals surface area contributed by atoms with Gasteiger partial charge in [-0.1, -0.05) is 18.2 Å². The fourth-order valence-corrected chi connectivity index (χ4v) is 4.30. The molecule has 4 rings (SSSR count). The molecule has 0 radical (unpaired) electrons. The molecule has 3 aromatic rings. The Labute approximate surface area is 187 Å². The van der Waals surface area contributed by atoms with Gasteiger partial charge in [-0.3, -0.25) is 14.7 Å². The summed E-state index contributed by atoms with van der Waals surface area (Å²) in [5.74, 6) is 1.31. The Morgan fingerprint density at radius 1 is 1.34 bits per heavy atom. The lowest BCUT2D eigenvalue weighted by Crippen LogP contribution is -2.34. The molecule has 0 spiro atoms. The maximum absolute atomic E-state index is 12.3. The molecule has 3 heterocycles. The SMILES string of the molecule is C=CCc1cc(CN2CCCC(c3cc(=O)[nH]c(-c4ccccn4)n3)C2)cc(OC)c1O. The van der Waals surface area contributed by atoms with Crippen molar-refractivity contribution in [3.63, 3.8) is 0 Å². The van der Waals surface area contributed by atoms with Crippen LogP contribution in [0, 0.1) is 0 Å². The number of aromatic nitrogens is 3. The second kappa shape index (κ2) is 9.78. The first kappa shape index (κ1) is 21.8. The minimum Gasteiger partial charge on any atom is -0.504 e. The van der Waals surface area contributed by atoms with Crippen molar-refractivity contribution in [2.75, 3.05) is 20.2 Å². The molecule has 0 saturated carbocycles. The molecule has 1 fully saturated rings. The number of methoxy groups -OCH3 is 1. The topological polar surface area (TPSA) is 91.3 Å². The van der Waals surface area contributed by atoms with E-state index in [0.717, 1.165) is 49.3 Å². The first-order valence-electron chi connectivity index (χ1n) is 10.8. The van der Waals surface area contributed by atoms with Crippen molar-refractivity contribution in [1.29, 1.82) is 0 Å². The van der Waals surface area contributed by atoms with E-state index >= 15 is 0 Å². The molecular weight excluding hydrogens is 404 g/mol. The van der Waals surface area contributed by atoms with Crippen LogP contribution in [0.15, 0.2) is 60.0 Å². The van der Waals surface area contributed by atoms with Gasteiger partial charge in [-0.15, -0.1) is 6.58 Å². The van der Waals surface area contributed by atoms with E-state index in [4.69, 9.17) is 9.72 Å². The van der Waals surface area contributed by atoms with E-state index in [1.807, 2.05) is 30.3 Å². The van der Waals surface area contributed by atoms with Crippen molar-refractivity contribution in [3.8, 4) is 23.0 Å². The highest BCUT2D eigenvalue weighted by Crippen LogP contribution is 2.33. The number of allylic oxidation sites excluding steroid dienone is 1. The number of ether oxygens (including phenoxy) is 1. The van der Waals surface area contributed by atoms with Crippen LogP contribution in [0.2, 0.25) is 0 Å². The van der Waals surface area contributed by atoms with E-state index in [-0.39, 0.29) is 17.2 Å². The summed E-state index contributed by atoms with van der Waals surface area (Å²) < 4.78 is 5.36. The van der Waals surface area contributed by atoms with E-state index in [0.29, 0.717) is 23.7 Å². The molecule has 7 nitrogen and oxygen atoms in total. The molecule has 0 bridgehead atoms. The Hall–Kier alpha value is -3.45. The Morgan fingerprint density at radius 2 is 2.22 bits per heavy atom. The van der Waals surface area contributed by atoms with Crippen LogP contribution in [0.25, 0.3) is 11.5 Å². The number of rotatable bonds is 7. The van der Waals surface area contributed by atoms with Crippen molar-refractivity contribution in [2.45, 2.75) is 31.7 Å². The zero-order valence-electron chi connectivity index (χ0n) is 18.3. The van der Waals surface area contributed by atoms with Crippen molar-refractivity contribution in [3.05, 3.63) is 82.4 Å². The number of piperidine rings is 1. The Morgan fingerprint density at radius 3 is 2.97 bits per heavy atom. The number of likely N-dealkylation sites (tertiary alicyclic amines) is 1. The first-order chi connectivity index (χ1) is 15.6. The van der Waals surface area contributed by atoms with Gasteiger partial charge in [0.25, 0.3) is 5.56 Å². The largest absolute Gasteiger partial charge is 0.504 e. The highest BCUT2D eigenvalue weighted by molar-refractivity contribution is 5.49. The summed E-state index contributed by atoms with van der Waals surface area (Å²) in [5.41, 5.74) is 3.18. The van der Waals surface area contributed by atoms with Gasteiger partial charge in [0.15, 0.2) is 17.3 Å². The summed E-state index contributed by atoms with van der Waals surface area (Å²) >= 11 is 0. The number of aromatic amines is 1. The van der Waals surface area contributed by atoms with E-state index in [2.05, 4.69) is 21.4 Å². The minimum absolute atomic E-state index is 0.162. The second-order valence-corrected chi connectivity index (χ2v) is 8.11. The predicted molar refractivity (Wildman–Crippen MR) is 124 cm³/mol. The van der Waals surface area contributed by atoms with Gasteiger partial charge in [-0.2, -0.15) is 0 Å². The van der Waals surface area contributed by atoms with Crippen LogP contribution in [0.4, 0.5) is 0 Å². The van der Waals surface area contributed by atoms with Crippen molar-refractivity contribution < 1.29 is 9.84 Å². The highest BCUT2D eigenvalue weighted by Gasteiger charge is 2.24. The summed E-state index contributed by atoms with van der Waals surface area (Å²) in [5, 5.41) is 10.4. The third-order valence-corrected chi connectivity index (χ3v) is 5.80. The number of phenolic OH excluding ortho intramolecular Hbond substituents is 1. The van der Waals surface area contributed by atoms with Gasteiger partial charge in [0.1, 0.15) is 5.69 Å². The third-order valence-electron chi connectivity index (χ3n) is 5.80. The summed E-state index contributed by atoms with van der Waals surface area (Å²) in [4.78, 5) is 26.5. The van der Waals surface area contributed by atoms with Gasteiger partial charge in [-0.05, 0) is 49.6 Å². The molecule has 166 valence electrons. The second-order valence-electron chi connectivity index (χ2n) is 8.11. The van der Waals surface area contributed by atoms with E-state index in [9.17, 15) is 9.90 Å². The molecule has 7 heteroatoms. The number of nitrogens with zero attached hydrogens (tertiary/aromatic N) is 3. The lowest BCUT2D eigenvalue weighted by atomic mass is 9.94. The number of pyridine rings is 1. The van der Waals surface area contributed by atoms with Crippen LogP contribution in [-0.2, 0) is 13.0 Å². The number of hydrogen-bond acceptors (Lipinski definition) is 6.